The number of nitrogens with one attached hydrogen (secondary N) is 1. The van der Waals surface area contributed by atoms with Gasteiger partial charge in [0.15, 0.2) is 0 Å². The van der Waals surface area contributed by atoms with Gasteiger partial charge < -0.3 is 20.1 Å². The number of rotatable bonds is 7. The number of nitrogens with zero attached hydrogens (tertiary/aromatic N) is 1. The molecule has 1 heterocycles. The molecule has 138 valence electrons. The molecule has 0 bridgehead atoms. The van der Waals surface area contributed by atoms with Crippen LogP contribution in [0.5, 0.6) is 5.75 Å². The van der Waals surface area contributed by atoms with E-state index in [1.165, 1.54) is 18.2 Å². The van der Waals surface area contributed by atoms with E-state index in [0.29, 0.717) is 50.7 Å². The highest BCUT2D eigenvalue weighted by atomic mass is 35.5. The molecule has 2 amide bonds. The molecule has 1 aromatic rings. The number of carbonyl (C=O) groups excluding carboxylic acids is 2. The summed E-state index contributed by atoms with van der Waals surface area (Å²) in [5.41, 5.74) is 0.200. The second kappa shape index (κ2) is 9.63. The zero-order valence-corrected chi connectivity index (χ0v) is 15.2. The van der Waals surface area contributed by atoms with E-state index in [2.05, 4.69) is 5.32 Å². The van der Waals surface area contributed by atoms with Crippen LogP contribution in [0, 0.1) is 5.92 Å². The fraction of sp³-hybridized carbons (Fsp3) is 0.556. The number of aromatic hydroxyl groups is 1. The van der Waals surface area contributed by atoms with Crippen LogP contribution in [0.3, 0.4) is 0 Å². The van der Waals surface area contributed by atoms with Gasteiger partial charge in [-0.15, -0.1) is 0 Å². The maximum absolute atomic E-state index is 12.5. The van der Waals surface area contributed by atoms with Gasteiger partial charge in [0, 0.05) is 43.8 Å². The third kappa shape index (κ3) is 5.61. The molecule has 1 aliphatic heterocycles. The van der Waals surface area contributed by atoms with Gasteiger partial charge in [0.1, 0.15) is 5.75 Å². The summed E-state index contributed by atoms with van der Waals surface area (Å²) in [5, 5.41) is 13.2. The number of hydrogen-bond acceptors (Lipinski definition) is 4. The fourth-order valence-electron chi connectivity index (χ4n) is 2.87. The van der Waals surface area contributed by atoms with Crippen LogP contribution in [0.1, 0.15) is 36.5 Å². The smallest absolute Gasteiger partial charge is 0.257 e. The quantitative estimate of drug-likeness (QED) is 0.724. The van der Waals surface area contributed by atoms with Crippen LogP contribution in [0.4, 0.5) is 0 Å². The number of phenols is 1. The van der Waals surface area contributed by atoms with Gasteiger partial charge in [0.05, 0.1) is 5.56 Å². The minimum Gasteiger partial charge on any atom is -0.507 e. The summed E-state index contributed by atoms with van der Waals surface area (Å²) < 4.78 is 5.24. The van der Waals surface area contributed by atoms with E-state index in [9.17, 15) is 14.7 Å². The molecule has 0 unspecified atom stereocenters. The molecule has 0 aliphatic carbocycles. The van der Waals surface area contributed by atoms with Crippen LogP contribution >= 0.6 is 11.6 Å². The van der Waals surface area contributed by atoms with Crippen LogP contribution in [0.15, 0.2) is 18.2 Å². The first kappa shape index (κ1) is 19.5. The van der Waals surface area contributed by atoms with Crippen LogP contribution < -0.4 is 5.32 Å². The SMILES string of the molecule is CCOCCCNC(=O)C1CCN(C(=O)c2cc(Cl)ccc2O)CC1. The standard InChI is InChI=1S/C18H25ClN2O4/c1-2-25-11-3-8-20-17(23)13-6-9-21(10-7-13)18(24)15-12-14(19)4-5-16(15)22/h4-5,12-13,22H,2-3,6-11H2,1H3,(H,20,23). The van der Waals surface area contributed by atoms with E-state index in [1.807, 2.05) is 6.92 Å². The summed E-state index contributed by atoms with van der Waals surface area (Å²) in [6, 6.07) is 4.42. The normalized spacial score (nSPS) is 15.2. The van der Waals surface area contributed by atoms with Crippen LogP contribution in [0.25, 0.3) is 0 Å². The minimum atomic E-state index is -0.254. The van der Waals surface area contributed by atoms with Crippen LogP contribution in [-0.2, 0) is 9.53 Å². The molecule has 7 heteroatoms. The predicted octanol–water partition coefficient (Wildman–Crippen LogP) is 2.44. The van der Waals surface area contributed by atoms with Gasteiger partial charge in [0.25, 0.3) is 5.91 Å². The Labute approximate surface area is 153 Å². The summed E-state index contributed by atoms with van der Waals surface area (Å²) >= 11 is 5.90. The van der Waals surface area contributed by atoms with Crippen molar-refractivity contribution in [3.05, 3.63) is 28.8 Å². The molecule has 1 fully saturated rings. The summed E-state index contributed by atoms with van der Waals surface area (Å²) in [5.74, 6) is -0.377. The van der Waals surface area contributed by atoms with E-state index in [4.69, 9.17) is 16.3 Å². The summed E-state index contributed by atoms with van der Waals surface area (Å²) in [6.07, 6.45) is 2.03. The molecular weight excluding hydrogens is 344 g/mol. The molecule has 2 N–H and O–H groups in total. The zero-order valence-electron chi connectivity index (χ0n) is 14.5. The first-order valence-electron chi connectivity index (χ1n) is 8.66. The molecule has 0 atom stereocenters. The second-order valence-electron chi connectivity index (χ2n) is 6.07. The molecule has 0 spiro atoms. The Hall–Kier alpha value is -1.79. The Kier molecular flexibility index (Phi) is 7.52. The van der Waals surface area contributed by atoms with Crippen molar-refractivity contribution in [1.29, 1.82) is 0 Å². The highest BCUT2D eigenvalue weighted by Crippen LogP contribution is 2.25. The number of amides is 2. The molecule has 2 rings (SSSR count). The van der Waals surface area contributed by atoms with Crippen molar-refractivity contribution in [2.75, 3.05) is 32.8 Å². The number of halogens is 1. The third-order valence-electron chi connectivity index (χ3n) is 4.31. The predicted molar refractivity (Wildman–Crippen MR) is 95.9 cm³/mol. The number of hydrogen-bond donors (Lipinski definition) is 2. The third-order valence-corrected chi connectivity index (χ3v) is 4.55. The fourth-order valence-corrected chi connectivity index (χ4v) is 3.04. The van der Waals surface area contributed by atoms with Gasteiger partial charge in [-0.1, -0.05) is 11.6 Å². The van der Waals surface area contributed by atoms with E-state index in [1.54, 1.807) is 4.90 Å². The number of ether oxygens (including phenoxy) is 1. The Bertz CT molecular complexity index is 601. The molecule has 1 aliphatic rings. The van der Waals surface area contributed by atoms with Crippen LogP contribution in [-0.4, -0.2) is 54.7 Å². The molecule has 0 aromatic heterocycles. The highest BCUT2D eigenvalue weighted by molar-refractivity contribution is 6.31. The summed E-state index contributed by atoms with van der Waals surface area (Å²) in [6.45, 7) is 4.85. The lowest BCUT2D eigenvalue weighted by Gasteiger charge is -2.31. The summed E-state index contributed by atoms with van der Waals surface area (Å²) in [7, 11) is 0. The number of benzene rings is 1. The van der Waals surface area contributed by atoms with Crippen molar-refractivity contribution in [2.24, 2.45) is 5.92 Å². The van der Waals surface area contributed by atoms with Crippen LogP contribution in [0.2, 0.25) is 5.02 Å². The van der Waals surface area contributed by atoms with Crippen molar-refractivity contribution in [1.82, 2.24) is 10.2 Å². The maximum atomic E-state index is 12.5. The second-order valence-corrected chi connectivity index (χ2v) is 6.51. The highest BCUT2D eigenvalue weighted by Gasteiger charge is 2.28. The Morgan fingerprint density at radius 3 is 2.76 bits per heavy atom. The molecule has 25 heavy (non-hydrogen) atoms. The molecule has 1 aromatic carbocycles. The molecular formula is C18H25ClN2O4. The lowest BCUT2D eigenvalue weighted by Crippen LogP contribution is -2.43. The monoisotopic (exact) mass is 368 g/mol. The van der Waals surface area contributed by atoms with Gasteiger partial charge in [-0.3, -0.25) is 9.59 Å². The molecule has 0 saturated carbocycles. The number of phenolic OH excluding ortho intramolecular Hbond substituents is 1. The van der Waals surface area contributed by atoms with Crippen molar-refractivity contribution in [3.63, 3.8) is 0 Å². The van der Waals surface area contributed by atoms with Gasteiger partial charge in [-0.25, -0.2) is 0 Å². The van der Waals surface area contributed by atoms with Crippen molar-refractivity contribution in [3.8, 4) is 5.75 Å². The Balaban J connectivity index is 1.80. The summed E-state index contributed by atoms with van der Waals surface area (Å²) in [4.78, 5) is 26.3. The average molecular weight is 369 g/mol. The van der Waals surface area contributed by atoms with Gasteiger partial charge >= 0.3 is 0 Å². The Morgan fingerprint density at radius 2 is 2.08 bits per heavy atom. The van der Waals surface area contributed by atoms with E-state index in [-0.39, 0.29) is 29.0 Å². The zero-order chi connectivity index (χ0) is 18.2. The lowest BCUT2D eigenvalue weighted by atomic mass is 9.95. The topological polar surface area (TPSA) is 78.9 Å². The van der Waals surface area contributed by atoms with Gasteiger partial charge in [-0.2, -0.15) is 0 Å². The number of piperidine rings is 1. The lowest BCUT2D eigenvalue weighted by molar-refractivity contribution is -0.126. The maximum Gasteiger partial charge on any atom is 0.257 e. The average Bonchev–Trinajstić information content (AvgIpc) is 2.63. The molecule has 0 radical (unpaired) electrons. The molecule has 1 saturated heterocycles. The Morgan fingerprint density at radius 1 is 1.36 bits per heavy atom. The van der Waals surface area contributed by atoms with Gasteiger partial charge in [0.2, 0.25) is 5.91 Å². The minimum absolute atomic E-state index is 0.0363. The van der Waals surface area contributed by atoms with E-state index >= 15 is 0 Å². The van der Waals surface area contributed by atoms with Gasteiger partial charge in [-0.05, 0) is 44.4 Å². The van der Waals surface area contributed by atoms with Crippen molar-refractivity contribution in [2.45, 2.75) is 26.2 Å². The first-order valence-corrected chi connectivity index (χ1v) is 9.04. The number of likely N-dealkylation sites (tertiary alicyclic amines) is 1. The first-order chi connectivity index (χ1) is 12.0. The molecule has 6 nitrogen and oxygen atoms in total. The van der Waals surface area contributed by atoms with Crippen molar-refractivity contribution < 1.29 is 19.4 Å². The van der Waals surface area contributed by atoms with E-state index in [0.717, 1.165) is 6.42 Å². The number of carbonyl (C=O) groups is 2. The largest absolute Gasteiger partial charge is 0.507 e. The van der Waals surface area contributed by atoms with Crippen molar-refractivity contribution >= 4 is 23.4 Å². The van der Waals surface area contributed by atoms with E-state index < -0.39 is 0 Å².